The van der Waals surface area contributed by atoms with Crippen LogP contribution in [0, 0.1) is 5.92 Å². The Hall–Kier alpha value is -2.41. The molecule has 1 atom stereocenters. The van der Waals surface area contributed by atoms with Crippen LogP contribution in [0.1, 0.15) is 12.1 Å². The van der Waals surface area contributed by atoms with Crippen LogP contribution in [-0.2, 0) is 16.1 Å². The summed E-state index contributed by atoms with van der Waals surface area (Å²) in [6, 6.07) is 11.4. The highest BCUT2D eigenvalue weighted by Crippen LogP contribution is 2.20. The van der Waals surface area contributed by atoms with E-state index in [1.165, 1.54) is 0 Å². The highest BCUT2D eigenvalue weighted by Gasteiger charge is 2.34. The quantitative estimate of drug-likeness (QED) is 0.604. The van der Waals surface area contributed by atoms with Crippen LogP contribution in [0.5, 0.6) is 0 Å². The fraction of sp³-hybridized carbons (Fsp3) is 0.333. The fourth-order valence-corrected chi connectivity index (χ4v) is 3.42. The lowest BCUT2D eigenvalue weighted by Gasteiger charge is -2.16. The summed E-state index contributed by atoms with van der Waals surface area (Å²) in [5.41, 5.74) is 0.837. The molecule has 2 aromatic heterocycles. The molecule has 1 aliphatic heterocycles. The number of pyridine rings is 2. The third-order valence-corrected chi connectivity index (χ3v) is 4.90. The predicted molar refractivity (Wildman–Crippen MR) is 95.7 cm³/mol. The van der Waals surface area contributed by atoms with Crippen molar-refractivity contribution < 1.29 is 9.59 Å². The first-order valence-electron chi connectivity index (χ1n) is 8.21. The molecule has 2 aromatic rings. The molecule has 0 aromatic carbocycles. The molecule has 1 N–H and O–H groups in total. The van der Waals surface area contributed by atoms with Crippen molar-refractivity contribution in [3.8, 4) is 0 Å². The SMILES string of the molecule is O=C(NCCSc1ccccn1)[C@H]1CC(=O)N(Cc2ccccn2)C1. The van der Waals surface area contributed by atoms with E-state index in [9.17, 15) is 9.59 Å². The number of aromatic nitrogens is 2. The van der Waals surface area contributed by atoms with Gasteiger partial charge in [0.05, 0.1) is 23.2 Å². The Kier molecular flexibility index (Phi) is 6.00. The lowest BCUT2D eigenvalue weighted by atomic mass is 10.1. The molecule has 3 heterocycles. The van der Waals surface area contributed by atoms with Gasteiger partial charge in [-0.15, -0.1) is 11.8 Å². The number of likely N-dealkylation sites (tertiary alicyclic amines) is 1. The zero-order valence-corrected chi connectivity index (χ0v) is 14.6. The minimum absolute atomic E-state index is 0.00802. The average molecular weight is 356 g/mol. The van der Waals surface area contributed by atoms with Crippen LogP contribution in [0.2, 0.25) is 0 Å². The maximum absolute atomic E-state index is 12.3. The maximum atomic E-state index is 12.3. The summed E-state index contributed by atoms with van der Waals surface area (Å²) in [7, 11) is 0. The van der Waals surface area contributed by atoms with Crippen molar-refractivity contribution >= 4 is 23.6 Å². The van der Waals surface area contributed by atoms with Gasteiger partial charge in [0.1, 0.15) is 0 Å². The monoisotopic (exact) mass is 356 g/mol. The molecule has 1 saturated heterocycles. The molecular formula is C18H20N4O2S. The second kappa shape index (κ2) is 8.62. The molecule has 1 fully saturated rings. The number of thioether (sulfide) groups is 1. The zero-order valence-electron chi connectivity index (χ0n) is 13.8. The second-order valence-corrected chi connectivity index (χ2v) is 6.92. The van der Waals surface area contributed by atoms with Crippen molar-refractivity contribution in [3.63, 3.8) is 0 Å². The van der Waals surface area contributed by atoms with Gasteiger partial charge in [-0.2, -0.15) is 0 Å². The van der Waals surface area contributed by atoms with Crippen molar-refractivity contribution in [2.24, 2.45) is 5.92 Å². The summed E-state index contributed by atoms with van der Waals surface area (Å²) >= 11 is 1.60. The van der Waals surface area contributed by atoms with E-state index in [1.54, 1.807) is 29.1 Å². The predicted octanol–water partition coefficient (Wildman–Crippen LogP) is 1.73. The number of amides is 2. The summed E-state index contributed by atoms with van der Waals surface area (Å²) in [6.45, 7) is 1.47. The van der Waals surface area contributed by atoms with Crippen molar-refractivity contribution in [1.29, 1.82) is 0 Å². The van der Waals surface area contributed by atoms with Gasteiger partial charge in [-0.1, -0.05) is 12.1 Å². The topological polar surface area (TPSA) is 75.2 Å². The Morgan fingerprint density at radius 1 is 1.20 bits per heavy atom. The highest BCUT2D eigenvalue weighted by atomic mass is 32.2. The fourth-order valence-electron chi connectivity index (χ4n) is 2.69. The van der Waals surface area contributed by atoms with E-state index in [0.717, 1.165) is 16.5 Å². The van der Waals surface area contributed by atoms with Crippen LogP contribution in [0.4, 0.5) is 0 Å². The van der Waals surface area contributed by atoms with Gasteiger partial charge in [-0.05, 0) is 24.3 Å². The van der Waals surface area contributed by atoms with Crippen LogP contribution >= 0.6 is 11.8 Å². The van der Waals surface area contributed by atoms with Crippen molar-refractivity contribution in [2.45, 2.75) is 18.0 Å². The Morgan fingerprint density at radius 3 is 2.72 bits per heavy atom. The zero-order chi connectivity index (χ0) is 17.5. The molecular weight excluding hydrogens is 336 g/mol. The minimum Gasteiger partial charge on any atom is -0.355 e. The Labute approximate surface area is 151 Å². The first-order valence-corrected chi connectivity index (χ1v) is 9.20. The van der Waals surface area contributed by atoms with Crippen LogP contribution < -0.4 is 5.32 Å². The smallest absolute Gasteiger partial charge is 0.225 e. The Balaban J connectivity index is 1.41. The largest absolute Gasteiger partial charge is 0.355 e. The van der Waals surface area contributed by atoms with Crippen molar-refractivity contribution in [2.75, 3.05) is 18.8 Å². The molecule has 25 heavy (non-hydrogen) atoms. The molecule has 0 unspecified atom stereocenters. The van der Waals surface area contributed by atoms with E-state index in [1.807, 2.05) is 36.4 Å². The molecule has 6 nitrogen and oxygen atoms in total. The summed E-state index contributed by atoms with van der Waals surface area (Å²) < 4.78 is 0. The van der Waals surface area contributed by atoms with Crippen LogP contribution in [0.25, 0.3) is 0 Å². The van der Waals surface area contributed by atoms with Gasteiger partial charge >= 0.3 is 0 Å². The summed E-state index contributed by atoms with van der Waals surface area (Å²) in [5, 5.41) is 3.86. The van der Waals surface area contributed by atoms with Crippen molar-refractivity contribution in [1.82, 2.24) is 20.2 Å². The third-order valence-electron chi connectivity index (χ3n) is 3.95. The van der Waals surface area contributed by atoms with Gasteiger partial charge in [0, 0.05) is 37.7 Å². The molecule has 2 amide bonds. The van der Waals surface area contributed by atoms with E-state index in [-0.39, 0.29) is 24.2 Å². The lowest BCUT2D eigenvalue weighted by molar-refractivity contribution is -0.129. The maximum Gasteiger partial charge on any atom is 0.225 e. The minimum atomic E-state index is -0.281. The molecule has 0 spiro atoms. The lowest BCUT2D eigenvalue weighted by Crippen LogP contribution is -2.34. The number of nitrogens with zero attached hydrogens (tertiary/aromatic N) is 3. The summed E-state index contributed by atoms with van der Waals surface area (Å²) in [5.74, 6) is 0.421. The standard InChI is InChI=1S/C18H20N4O2S/c23-17-11-14(12-22(17)13-15-5-1-3-7-19-15)18(24)21-9-10-25-16-6-2-4-8-20-16/h1-8,14H,9-13H2,(H,21,24)/t14-/m0/s1. The van der Waals surface area contributed by atoms with Gasteiger partial charge in [0.15, 0.2) is 0 Å². The first kappa shape index (κ1) is 17.4. The molecule has 7 heteroatoms. The molecule has 0 radical (unpaired) electrons. The number of hydrogen-bond donors (Lipinski definition) is 1. The Morgan fingerprint density at radius 2 is 2.00 bits per heavy atom. The van der Waals surface area contributed by atoms with Gasteiger partial charge in [-0.25, -0.2) is 4.98 Å². The van der Waals surface area contributed by atoms with E-state index >= 15 is 0 Å². The molecule has 1 aliphatic rings. The van der Waals surface area contributed by atoms with Crippen molar-refractivity contribution in [3.05, 3.63) is 54.5 Å². The summed E-state index contributed by atoms with van der Waals surface area (Å²) in [4.78, 5) is 34.5. The molecule has 3 rings (SSSR count). The third kappa shape index (κ3) is 5.03. The van der Waals surface area contributed by atoms with E-state index in [4.69, 9.17) is 0 Å². The molecule has 0 saturated carbocycles. The first-order chi connectivity index (χ1) is 12.2. The van der Waals surface area contributed by atoms with Gasteiger partial charge in [0.25, 0.3) is 0 Å². The van der Waals surface area contributed by atoms with Crippen LogP contribution in [-0.4, -0.2) is 45.5 Å². The number of nitrogens with one attached hydrogen (secondary N) is 1. The molecule has 0 aliphatic carbocycles. The van der Waals surface area contributed by atoms with E-state index in [0.29, 0.717) is 19.6 Å². The number of rotatable bonds is 7. The van der Waals surface area contributed by atoms with E-state index in [2.05, 4.69) is 15.3 Å². The second-order valence-electron chi connectivity index (χ2n) is 5.80. The highest BCUT2D eigenvalue weighted by molar-refractivity contribution is 7.99. The normalized spacial score (nSPS) is 16.9. The number of hydrogen-bond acceptors (Lipinski definition) is 5. The average Bonchev–Trinajstić information content (AvgIpc) is 3.01. The van der Waals surface area contributed by atoms with Gasteiger partial charge < -0.3 is 10.2 Å². The molecule has 0 bridgehead atoms. The van der Waals surface area contributed by atoms with Crippen LogP contribution in [0.3, 0.4) is 0 Å². The number of carbonyl (C=O) groups is 2. The number of carbonyl (C=O) groups excluding carboxylic acids is 2. The van der Waals surface area contributed by atoms with Gasteiger partial charge in [-0.3, -0.25) is 14.6 Å². The van der Waals surface area contributed by atoms with E-state index < -0.39 is 0 Å². The molecule has 130 valence electrons. The Bertz CT molecular complexity index is 712. The van der Waals surface area contributed by atoms with Crippen LogP contribution in [0.15, 0.2) is 53.8 Å². The van der Waals surface area contributed by atoms with Gasteiger partial charge in [0.2, 0.25) is 11.8 Å². The summed E-state index contributed by atoms with van der Waals surface area (Å²) in [6.07, 6.45) is 3.73.